The van der Waals surface area contributed by atoms with Crippen LogP contribution in [-0.4, -0.2) is 0 Å². The van der Waals surface area contributed by atoms with Crippen molar-refractivity contribution in [1.82, 2.24) is 0 Å². The van der Waals surface area contributed by atoms with E-state index in [9.17, 15) is 0 Å². The summed E-state index contributed by atoms with van der Waals surface area (Å²) in [7, 11) is 8.68. The third-order valence-corrected chi connectivity index (χ3v) is 0. The van der Waals surface area contributed by atoms with Gasteiger partial charge < -0.3 is 38.8 Å². The van der Waals surface area contributed by atoms with E-state index in [0.717, 1.165) is 0 Å². The Kier molecular flexibility index (Phi) is 277. The first-order chi connectivity index (χ1) is 2.41. The van der Waals surface area contributed by atoms with Crippen molar-refractivity contribution >= 4 is 46.6 Å². The van der Waals surface area contributed by atoms with E-state index in [2.05, 4.69) is 19.6 Å². The van der Waals surface area contributed by atoms with Gasteiger partial charge in [0, 0.05) is 0 Å². The van der Waals surface area contributed by atoms with Crippen LogP contribution in [0.4, 0.5) is 0 Å². The summed E-state index contributed by atoms with van der Waals surface area (Å²) in [5, 5.41) is 6.25. The van der Waals surface area contributed by atoms with Crippen LogP contribution in [0.15, 0.2) is 0 Å². The van der Waals surface area contributed by atoms with E-state index in [4.69, 9.17) is 11.8 Å². The molecule has 53 valence electrons. The SMILES string of the molecule is [C-]#N.[Cu+2].[SH-].[SH-].[S]=[Mo]=[S]. The number of nitrogens with zero attached hydrogens (tertiary/aromatic N) is 1. The normalized spacial score (nSPS) is 1.75. The summed E-state index contributed by atoms with van der Waals surface area (Å²) < 4.78 is 0. The van der Waals surface area contributed by atoms with Crippen LogP contribution in [0.1, 0.15) is 0 Å². The predicted molar refractivity (Wildman–Crippen MR) is 37.7 cm³/mol. The van der Waals surface area contributed by atoms with Crippen LogP contribution >= 0.6 is 19.6 Å². The molecular weight excluding hydrogens is 314 g/mol. The molecule has 0 aliphatic rings. The van der Waals surface area contributed by atoms with Gasteiger partial charge in [-0.2, -0.15) is 0 Å². The third-order valence-electron chi connectivity index (χ3n) is 0. The topological polar surface area (TPSA) is 23.8 Å². The zero-order valence-corrected chi connectivity index (χ0v) is 9.74. The summed E-state index contributed by atoms with van der Waals surface area (Å²) in [6.45, 7) is 4.75. The molecule has 0 amide bonds. The van der Waals surface area contributed by atoms with Gasteiger partial charge in [0.05, 0.1) is 0 Å². The van der Waals surface area contributed by atoms with E-state index < -0.39 is 0 Å². The molecule has 0 N–H and O–H groups in total. The zero-order chi connectivity index (χ0) is 4.71. The average molecular weight is 316 g/mol. The molecule has 7 heteroatoms. The fourth-order valence-corrected chi connectivity index (χ4v) is 0. The van der Waals surface area contributed by atoms with Gasteiger partial charge in [-0.1, -0.05) is 0 Å². The maximum atomic E-state index is 6.25. The van der Waals surface area contributed by atoms with E-state index in [1.165, 1.54) is 0 Å². The van der Waals surface area contributed by atoms with Gasteiger partial charge >= 0.3 is 51.6 Å². The fraction of sp³-hybridized carbons (Fsp3) is 0. The van der Waals surface area contributed by atoms with Crippen molar-refractivity contribution in [2.24, 2.45) is 0 Å². The Bertz CT molecular complexity index is 58.3. The van der Waals surface area contributed by atoms with Crippen molar-refractivity contribution in [3.63, 3.8) is 0 Å². The van der Waals surface area contributed by atoms with Crippen LogP contribution in [0.5, 0.6) is 0 Å². The van der Waals surface area contributed by atoms with Crippen molar-refractivity contribution < 1.29 is 32.0 Å². The first-order valence-electron chi connectivity index (χ1n) is 0.557. The Morgan fingerprint density at radius 2 is 1.12 bits per heavy atom. The van der Waals surface area contributed by atoms with E-state index in [1.54, 1.807) is 0 Å². The number of thiol groups is 2. The van der Waals surface area contributed by atoms with E-state index in [-0.39, 0.29) is 59.0 Å². The maximum absolute atomic E-state index is 6.25. The molecule has 0 aliphatic heterocycles. The van der Waals surface area contributed by atoms with Crippen LogP contribution in [0.3, 0.4) is 0 Å². The summed E-state index contributed by atoms with van der Waals surface area (Å²) >= 11 is -0.363. The summed E-state index contributed by atoms with van der Waals surface area (Å²) in [6, 6.07) is 0. The van der Waals surface area contributed by atoms with Gasteiger partial charge in [-0.25, -0.2) is 0 Å². The van der Waals surface area contributed by atoms with Gasteiger partial charge in [0.15, 0.2) is 0 Å². The molecule has 0 rings (SSSR count). The first-order valence-corrected chi connectivity index (χ1v) is 6.14. The molecule has 0 aromatic carbocycles. The molecule has 0 aromatic heterocycles. The molecule has 0 saturated heterocycles. The van der Waals surface area contributed by atoms with Crippen LogP contribution in [0.25, 0.3) is 0 Å². The van der Waals surface area contributed by atoms with Crippen LogP contribution in [0, 0.1) is 11.8 Å². The molecule has 0 aromatic rings. The molecule has 1 nitrogen and oxygen atoms in total. The zero-order valence-electron chi connectivity index (χ0n) is 3.37. The predicted octanol–water partition coefficient (Wildman–Crippen LogP) is 0.848. The standard InChI is InChI=1S/CN.Cu.Mo.2H2S.2S/c1-2;;;;;;/h;;;2*1H2;;/q-1;+2;;;;;/p-2. The van der Waals surface area contributed by atoms with E-state index in [0.29, 0.717) is 0 Å². The molecule has 0 bridgehead atoms. The molecule has 0 aliphatic carbocycles. The summed E-state index contributed by atoms with van der Waals surface area (Å²) in [6.07, 6.45) is 0. The fourth-order valence-electron chi connectivity index (χ4n) is 0. The number of rotatable bonds is 0. The van der Waals surface area contributed by atoms with Crippen molar-refractivity contribution in [2.75, 3.05) is 0 Å². The van der Waals surface area contributed by atoms with Gasteiger partial charge in [-0.15, -0.1) is 0 Å². The molecule has 1 radical (unpaired) electrons. The minimum absolute atomic E-state index is 0. The second-order valence-electron chi connectivity index (χ2n) is 0.0680. The average Bonchev–Trinajstić information content (AvgIpc) is 1.46. The van der Waals surface area contributed by atoms with Gasteiger partial charge in [-0.3, -0.25) is 0 Å². The van der Waals surface area contributed by atoms with E-state index >= 15 is 0 Å². The molecule has 0 saturated carbocycles. The number of hydrogen-bond donors (Lipinski definition) is 0. The molecular formula is CH2CuMoNS4-. The van der Waals surface area contributed by atoms with Crippen molar-refractivity contribution in [1.29, 1.82) is 5.26 Å². The molecule has 0 heterocycles. The Morgan fingerprint density at radius 1 is 1.12 bits per heavy atom. The summed E-state index contributed by atoms with van der Waals surface area (Å²) in [4.78, 5) is 0. The monoisotopic (exact) mass is 317 g/mol. The van der Waals surface area contributed by atoms with Gasteiger partial charge in [0.2, 0.25) is 0 Å². The van der Waals surface area contributed by atoms with Gasteiger partial charge in [-0.05, 0) is 0 Å². The Hall–Kier alpha value is 1.84. The molecule has 8 heavy (non-hydrogen) atoms. The van der Waals surface area contributed by atoms with Crippen LogP contribution < -0.4 is 0 Å². The minimum atomic E-state index is -0.363. The first kappa shape index (κ1) is 32.8. The van der Waals surface area contributed by atoms with Crippen LogP contribution in [-0.2, 0) is 59.0 Å². The molecule has 0 atom stereocenters. The van der Waals surface area contributed by atoms with Crippen molar-refractivity contribution in [2.45, 2.75) is 0 Å². The van der Waals surface area contributed by atoms with Gasteiger partial charge in [0.25, 0.3) is 0 Å². The van der Waals surface area contributed by atoms with Crippen LogP contribution in [0.2, 0.25) is 0 Å². The second kappa shape index (κ2) is 67.4. The Morgan fingerprint density at radius 3 is 1.12 bits per heavy atom. The Balaban J connectivity index is -0.00000000567. The third kappa shape index (κ3) is 109. The molecule has 0 fully saturated rings. The summed E-state index contributed by atoms with van der Waals surface area (Å²) in [5.74, 6) is 0. The number of hydrogen-bond acceptors (Lipinski definition) is 5. The molecule has 0 spiro atoms. The second-order valence-corrected chi connectivity index (χ2v) is 3.62. The van der Waals surface area contributed by atoms with E-state index in [1.807, 2.05) is 0 Å². The molecule has 0 unspecified atom stereocenters. The van der Waals surface area contributed by atoms with Gasteiger partial charge in [0.1, 0.15) is 0 Å². The van der Waals surface area contributed by atoms with Crippen molar-refractivity contribution in [3.8, 4) is 0 Å². The Labute approximate surface area is 89.4 Å². The van der Waals surface area contributed by atoms with Crippen molar-refractivity contribution in [3.05, 3.63) is 6.57 Å². The quantitative estimate of drug-likeness (QED) is 0.285. The summed E-state index contributed by atoms with van der Waals surface area (Å²) in [5.41, 5.74) is 0.